The minimum absolute atomic E-state index is 0.0584. The van der Waals surface area contributed by atoms with Gasteiger partial charge in [0.2, 0.25) is 0 Å². The van der Waals surface area contributed by atoms with Gasteiger partial charge in [0.1, 0.15) is 5.75 Å². The van der Waals surface area contributed by atoms with Crippen molar-refractivity contribution < 1.29 is 9.66 Å². The zero-order chi connectivity index (χ0) is 15.2. The number of nitrogens with zero attached hydrogens (tertiary/aromatic N) is 2. The normalized spacial score (nSPS) is 11.8. The van der Waals surface area contributed by atoms with Crippen LogP contribution in [0.25, 0.3) is 10.8 Å². The second kappa shape index (κ2) is 6.68. The van der Waals surface area contributed by atoms with Crippen molar-refractivity contribution in [2.24, 2.45) is 0 Å². The summed E-state index contributed by atoms with van der Waals surface area (Å²) in [5.41, 5.74) is 0.0584. The summed E-state index contributed by atoms with van der Waals surface area (Å²) in [5, 5.41) is 24.0. The predicted octanol–water partition coefficient (Wildman–Crippen LogP) is 2.63. The van der Waals surface area contributed by atoms with E-state index in [9.17, 15) is 10.1 Å². The number of fused-ring (bicyclic) bond motifs is 1. The highest BCUT2D eigenvalue weighted by molar-refractivity contribution is 5.95. The molecule has 6 heteroatoms. The van der Waals surface area contributed by atoms with Gasteiger partial charge >= 0.3 is 0 Å². The molecule has 0 amide bonds. The second-order valence-corrected chi connectivity index (χ2v) is 4.49. The van der Waals surface area contributed by atoms with Crippen molar-refractivity contribution >= 4 is 16.5 Å². The molecular weight excluding hydrogens is 270 g/mol. The quantitative estimate of drug-likeness (QED) is 0.651. The molecule has 0 aliphatic carbocycles. The maximum Gasteiger partial charge on any atom is 0.277 e. The monoisotopic (exact) mass is 285 g/mol. The van der Waals surface area contributed by atoms with Crippen molar-refractivity contribution in [1.82, 2.24) is 5.32 Å². The lowest BCUT2D eigenvalue weighted by molar-refractivity contribution is -0.383. The van der Waals surface area contributed by atoms with E-state index in [0.717, 1.165) is 0 Å². The lowest BCUT2D eigenvalue weighted by Gasteiger charge is -2.11. The van der Waals surface area contributed by atoms with Gasteiger partial charge in [-0.1, -0.05) is 18.2 Å². The van der Waals surface area contributed by atoms with Crippen LogP contribution in [-0.4, -0.2) is 24.6 Å². The van der Waals surface area contributed by atoms with Gasteiger partial charge in [-0.3, -0.25) is 10.1 Å². The van der Waals surface area contributed by atoms with Crippen molar-refractivity contribution in [3.05, 3.63) is 46.5 Å². The first-order chi connectivity index (χ1) is 10.2. The van der Waals surface area contributed by atoms with E-state index in [4.69, 9.17) is 10.00 Å². The SMILES string of the molecule is CNC(C#N)CCOc1ccc([N+](=O)[O-])c2ccccc12. The smallest absolute Gasteiger partial charge is 0.277 e. The van der Waals surface area contributed by atoms with Crippen LogP contribution in [0.4, 0.5) is 5.69 Å². The Morgan fingerprint density at radius 1 is 1.33 bits per heavy atom. The first-order valence-corrected chi connectivity index (χ1v) is 6.53. The number of nitriles is 1. The Hall–Kier alpha value is -2.65. The minimum atomic E-state index is -0.404. The van der Waals surface area contributed by atoms with Gasteiger partial charge in [-0.2, -0.15) is 5.26 Å². The van der Waals surface area contributed by atoms with Gasteiger partial charge in [-0.15, -0.1) is 0 Å². The number of hydrogen-bond acceptors (Lipinski definition) is 5. The first-order valence-electron chi connectivity index (χ1n) is 6.53. The predicted molar refractivity (Wildman–Crippen MR) is 79.2 cm³/mol. The molecule has 0 aliphatic heterocycles. The molecule has 108 valence electrons. The average molecular weight is 285 g/mol. The van der Waals surface area contributed by atoms with E-state index in [2.05, 4.69) is 11.4 Å². The molecule has 1 atom stereocenters. The van der Waals surface area contributed by atoms with Gasteiger partial charge in [0.15, 0.2) is 0 Å². The maximum absolute atomic E-state index is 11.0. The number of ether oxygens (including phenoxy) is 1. The third-order valence-electron chi connectivity index (χ3n) is 3.23. The molecule has 0 radical (unpaired) electrons. The maximum atomic E-state index is 11.0. The van der Waals surface area contributed by atoms with Gasteiger partial charge < -0.3 is 10.1 Å². The summed E-state index contributed by atoms with van der Waals surface area (Å²) in [7, 11) is 1.72. The van der Waals surface area contributed by atoms with E-state index in [1.165, 1.54) is 6.07 Å². The molecule has 0 aromatic heterocycles. The molecule has 21 heavy (non-hydrogen) atoms. The number of non-ortho nitro benzene ring substituents is 1. The highest BCUT2D eigenvalue weighted by atomic mass is 16.6. The number of rotatable bonds is 6. The molecule has 1 unspecified atom stereocenters. The summed E-state index contributed by atoms with van der Waals surface area (Å²) < 4.78 is 5.67. The molecule has 1 N–H and O–H groups in total. The Labute approximate surface area is 122 Å². The van der Waals surface area contributed by atoms with Crippen LogP contribution in [0.2, 0.25) is 0 Å². The minimum Gasteiger partial charge on any atom is -0.493 e. The van der Waals surface area contributed by atoms with Crippen molar-refractivity contribution in [2.45, 2.75) is 12.5 Å². The summed E-state index contributed by atoms with van der Waals surface area (Å²) in [6.07, 6.45) is 0.540. The van der Waals surface area contributed by atoms with E-state index >= 15 is 0 Å². The average Bonchev–Trinajstić information content (AvgIpc) is 2.51. The van der Waals surface area contributed by atoms with Gasteiger partial charge in [0.25, 0.3) is 5.69 Å². The third kappa shape index (κ3) is 3.27. The third-order valence-corrected chi connectivity index (χ3v) is 3.23. The van der Waals surface area contributed by atoms with Crippen LogP contribution >= 0.6 is 0 Å². The summed E-state index contributed by atoms with van der Waals surface area (Å²) in [6.45, 7) is 0.362. The lowest BCUT2D eigenvalue weighted by Crippen LogP contribution is -2.25. The van der Waals surface area contributed by atoms with E-state index in [0.29, 0.717) is 29.5 Å². The Morgan fingerprint density at radius 2 is 2.05 bits per heavy atom. The second-order valence-electron chi connectivity index (χ2n) is 4.49. The van der Waals surface area contributed by atoms with E-state index in [-0.39, 0.29) is 11.7 Å². The van der Waals surface area contributed by atoms with Crippen molar-refractivity contribution in [2.75, 3.05) is 13.7 Å². The largest absolute Gasteiger partial charge is 0.493 e. The highest BCUT2D eigenvalue weighted by Gasteiger charge is 2.14. The fraction of sp³-hybridized carbons (Fsp3) is 0.267. The van der Waals surface area contributed by atoms with Gasteiger partial charge in [0.05, 0.1) is 29.0 Å². The standard InChI is InChI=1S/C15H15N3O3/c1-17-11(10-16)8-9-21-15-7-6-14(18(19)20)12-4-2-3-5-13(12)15/h2-7,11,17H,8-9H2,1H3. The van der Waals surface area contributed by atoms with Gasteiger partial charge in [-0.25, -0.2) is 0 Å². The Balaban J connectivity index is 2.24. The number of hydrogen-bond donors (Lipinski definition) is 1. The summed E-state index contributed by atoms with van der Waals surface area (Å²) in [4.78, 5) is 10.6. The van der Waals surface area contributed by atoms with Crippen LogP contribution in [0.1, 0.15) is 6.42 Å². The van der Waals surface area contributed by atoms with E-state index in [1.807, 2.05) is 6.07 Å². The molecule has 0 saturated heterocycles. The summed E-state index contributed by atoms with van der Waals surface area (Å²) in [6, 6.07) is 11.9. The fourth-order valence-corrected chi connectivity index (χ4v) is 2.10. The molecule has 2 aromatic carbocycles. The van der Waals surface area contributed by atoms with E-state index in [1.54, 1.807) is 31.3 Å². The van der Waals surface area contributed by atoms with E-state index < -0.39 is 4.92 Å². The first kappa shape index (κ1) is 14.8. The molecule has 0 saturated carbocycles. The Bertz CT molecular complexity index is 694. The zero-order valence-electron chi connectivity index (χ0n) is 11.6. The van der Waals surface area contributed by atoms with Crippen LogP contribution in [0.15, 0.2) is 36.4 Å². The van der Waals surface area contributed by atoms with Crippen LogP contribution in [-0.2, 0) is 0 Å². The molecule has 2 aromatic rings. The number of nitro benzene ring substituents is 1. The molecule has 0 aliphatic rings. The molecular formula is C15H15N3O3. The Morgan fingerprint density at radius 3 is 2.67 bits per heavy atom. The van der Waals surface area contributed by atoms with Crippen molar-refractivity contribution in [3.8, 4) is 11.8 Å². The van der Waals surface area contributed by atoms with Crippen molar-refractivity contribution in [3.63, 3.8) is 0 Å². The molecule has 0 heterocycles. The molecule has 2 rings (SSSR count). The number of benzene rings is 2. The Kier molecular flexibility index (Phi) is 4.69. The summed E-state index contributed by atoms with van der Waals surface area (Å²) >= 11 is 0. The topological polar surface area (TPSA) is 88.2 Å². The fourth-order valence-electron chi connectivity index (χ4n) is 2.10. The van der Waals surface area contributed by atoms with Gasteiger partial charge in [0, 0.05) is 17.9 Å². The number of nitrogens with one attached hydrogen (secondary N) is 1. The summed E-state index contributed by atoms with van der Waals surface area (Å²) in [5.74, 6) is 0.587. The molecule has 6 nitrogen and oxygen atoms in total. The highest BCUT2D eigenvalue weighted by Crippen LogP contribution is 2.32. The van der Waals surface area contributed by atoms with Crippen molar-refractivity contribution in [1.29, 1.82) is 5.26 Å². The lowest BCUT2D eigenvalue weighted by atomic mass is 10.1. The van der Waals surface area contributed by atoms with Crippen LogP contribution in [0.3, 0.4) is 0 Å². The molecule has 0 spiro atoms. The van der Waals surface area contributed by atoms with Crippen LogP contribution < -0.4 is 10.1 Å². The van der Waals surface area contributed by atoms with Crippen LogP contribution in [0.5, 0.6) is 5.75 Å². The number of nitro groups is 1. The molecule has 0 bridgehead atoms. The molecule has 0 fully saturated rings. The van der Waals surface area contributed by atoms with Gasteiger partial charge in [-0.05, 0) is 19.2 Å². The zero-order valence-corrected chi connectivity index (χ0v) is 11.6. The van der Waals surface area contributed by atoms with Crippen LogP contribution in [0, 0.1) is 21.4 Å².